The largest absolute Gasteiger partial charge is 0.353 e. The second-order valence-corrected chi connectivity index (χ2v) is 6.68. The van der Waals surface area contributed by atoms with Gasteiger partial charge in [-0.15, -0.1) is 11.3 Å². The van der Waals surface area contributed by atoms with Gasteiger partial charge in [0.15, 0.2) is 0 Å². The number of pyridine rings is 1. The molecule has 2 aromatic heterocycles. The van der Waals surface area contributed by atoms with Crippen molar-refractivity contribution < 1.29 is 4.79 Å². The molecule has 3 rings (SSSR count). The summed E-state index contributed by atoms with van der Waals surface area (Å²) < 4.78 is 0. The summed E-state index contributed by atoms with van der Waals surface area (Å²) in [5.41, 5.74) is 1.36. The number of aromatic nitrogens is 1. The van der Waals surface area contributed by atoms with Crippen LogP contribution >= 0.6 is 23.1 Å². The fraction of sp³-hybridized carbons (Fsp3) is 0.267. The molecular weight excluding hydrogens is 302 g/mol. The molecule has 1 aliphatic rings. The number of hydrogen-bond donors (Lipinski definition) is 1. The lowest BCUT2D eigenvalue weighted by atomic mass is 10.2. The van der Waals surface area contributed by atoms with Crippen LogP contribution in [0.5, 0.6) is 0 Å². The first-order valence-corrected chi connectivity index (χ1v) is 8.50. The Balaban J connectivity index is 1.74. The molecule has 0 saturated heterocycles. The molecule has 1 saturated carbocycles. The van der Waals surface area contributed by atoms with E-state index in [0.29, 0.717) is 22.4 Å². The molecule has 2 heterocycles. The number of hydrogen-bond acceptors (Lipinski definition) is 5. The van der Waals surface area contributed by atoms with Crippen LogP contribution in [0.1, 0.15) is 18.4 Å². The van der Waals surface area contributed by atoms with Gasteiger partial charge in [0.05, 0.1) is 21.9 Å². The van der Waals surface area contributed by atoms with Gasteiger partial charge in [-0.3, -0.25) is 4.79 Å². The van der Waals surface area contributed by atoms with Crippen molar-refractivity contribution in [1.82, 2.24) is 10.3 Å². The highest BCUT2D eigenvalue weighted by Gasteiger charge is 2.23. The summed E-state index contributed by atoms with van der Waals surface area (Å²) in [5, 5.41) is 14.7. The van der Waals surface area contributed by atoms with Crippen molar-refractivity contribution in [2.45, 2.75) is 23.9 Å². The zero-order valence-corrected chi connectivity index (χ0v) is 12.8. The molecule has 1 aliphatic carbocycles. The molecule has 0 aliphatic heterocycles. The van der Waals surface area contributed by atoms with Crippen LogP contribution in [0.4, 0.5) is 0 Å². The summed E-state index contributed by atoms with van der Waals surface area (Å²) in [7, 11) is 0. The molecule has 2 aromatic rings. The van der Waals surface area contributed by atoms with Crippen molar-refractivity contribution in [3.63, 3.8) is 0 Å². The Bertz CT molecular complexity index is 687. The normalized spacial score (nSPS) is 13.7. The Kier molecular flexibility index (Phi) is 4.23. The summed E-state index contributed by atoms with van der Waals surface area (Å²) in [6, 6.07) is 10.1. The number of rotatable bonds is 5. The average Bonchev–Trinajstić information content (AvgIpc) is 3.14. The molecule has 0 radical (unpaired) electrons. The Hall–Kier alpha value is -1.84. The molecule has 0 bridgehead atoms. The SMILES string of the molecule is N#Cc1ccc(-c2cccs2)nc1SCC(=O)NC1CC1. The van der Waals surface area contributed by atoms with Gasteiger partial charge in [-0.25, -0.2) is 4.98 Å². The molecule has 1 amide bonds. The minimum absolute atomic E-state index is 0.00900. The van der Waals surface area contributed by atoms with E-state index in [9.17, 15) is 4.79 Å². The van der Waals surface area contributed by atoms with Crippen molar-refractivity contribution in [2.24, 2.45) is 0 Å². The van der Waals surface area contributed by atoms with E-state index in [4.69, 9.17) is 5.26 Å². The third-order valence-electron chi connectivity index (χ3n) is 3.04. The molecule has 0 atom stereocenters. The number of carbonyl (C=O) groups excluding carboxylic acids is 1. The van der Waals surface area contributed by atoms with E-state index in [1.54, 1.807) is 17.4 Å². The van der Waals surface area contributed by atoms with Gasteiger partial charge in [0, 0.05) is 6.04 Å². The van der Waals surface area contributed by atoms with Gasteiger partial charge in [0.1, 0.15) is 11.1 Å². The lowest BCUT2D eigenvalue weighted by Crippen LogP contribution is -2.27. The van der Waals surface area contributed by atoms with E-state index in [1.165, 1.54) is 11.8 Å². The monoisotopic (exact) mass is 315 g/mol. The molecule has 0 aromatic carbocycles. The molecule has 4 nitrogen and oxygen atoms in total. The molecule has 0 spiro atoms. The third-order valence-corrected chi connectivity index (χ3v) is 4.92. The maximum atomic E-state index is 11.7. The lowest BCUT2D eigenvalue weighted by molar-refractivity contribution is -0.118. The van der Waals surface area contributed by atoms with Crippen LogP contribution in [0.3, 0.4) is 0 Å². The molecule has 106 valence electrons. The molecule has 0 unspecified atom stereocenters. The molecule has 6 heteroatoms. The third kappa shape index (κ3) is 3.63. The quantitative estimate of drug-likeness (QED) is 0.861. The van der Waals surface area contributed by atoms with Crippen LogP contribution in [0.25, 0.3) is 10.6 Å². The second-order valence-electron chi connectivity index (χ2n) is 4.77. The maximum Gasteiger partial charge on any atom is 0.230 e. The van der Waals surface area contributed by atoms with Gasteiger partial charge >= 0.3 is 0 Å². The fourth-order valence-electron chi connectivity index (χ4n) is 1.83. The van der Waals surface area contributed by atoms with Crippen LogP contribution < -0.4 is 5.32 Å². The van der Waals surface area contributed by atoms with Crippen LogP contribution in [-0.2, 0) is 4.79 Å². The minimum Gasteiger partial charge on any atom is -0.353 e. The van der Waals surface area contributed by atoms with Crippen molar-refractivity contribution >= 4 is 29.0 Å². The highest BCUT2D eigenvalue weighted by Crippen LogP contribution is 2.28. The van der Waals surface area contributed by atoms with Crippen LogP contribution in [0, 0.1) is 11.3 Å². The van der Waals surface area contributed by atoms with E-state index in [-0.39, 0.29) is 5.91 Å². The molecule has 1 fully saturated rings. The number of thioether (sulfide) groups is 1. The van der Waals surface area contributed by atoms with E-state index < -0.39 is 0 Å². The van der Waals surface area contributed by atoms with Gasteiger partial charge in [-0.1, -0.05) is 17.8 Å². The van der Waals surface area contributed by atoms with Gasteiger partial charge in [0.2, 0.25) is 5.91 Å². The molecule has 1 N–H and O–H groups in total. The van der Waals surface area contributed by atoms with E-state index in [2.05, 4.69) is 16.4 Å². The summed E-state index contributed by atoms with van der Waals surface area (Å²) in [4.78, 5) is 17.3. The van der Waals surface area contributed by atoms with E-state index in [1.807, 2.05) is 23.6 Å². The number of nitrogens with zero attached hydrogens (tertiary/aromatic N) is 2. The number of thiophene rings is 1. The first-order chi connectivity index (χ1) is 10.3. The average molecular weight is 315 g/mol. The Morgan fingerprint density at radius 3 is 3.00 bits per heavy atom. The second kappa shape index (κ2) is 6.29. The van der Waals surface area contributed by atoms with Crippen LogP contribution in [-0.4, -0.2) is 22.7 Å². The van der Waals surface area contributed by atoms with Crippen molar-refractivity contribution in [3.8, 4) is 16.6 Å². The van der Waals surface area contributed by atoms with Crippen LogP contribution in [0.15, 0.2) is 34.7 Å². The first-order valence-electron chi connectivity index (χ1n) is 6.63. The molecule has 21 heavy (non-hydrogen) atoms. The lowest BCUT2D eigenvalue weighted by Gasteiger charge is -2.06. The van der Waals surface area contributed by atoms with Gasteiger partial charge in [0.25, 0.3) is 0 Å². The Labute approximate surface area is 131 Å². The van der Waals surface area contributed by atoms with Gasteiger partial charge in [-0.05, 0) is 36.4 Å². The summed E-state index contributed by atoms with van der Waals surface area (Å²) in [6.07, 6.45) is 2.15. The fourth-order valence-corrected chi connectivity index (χ4v) is 3.31. The van der Waals surface area contributed by atoms with Gasteiger partial charge in [-0.2, -0.15) is 5.26 Å². The Morgan fingerprint density at radius 2 is 2.33 bits per heavy atom. The zero-order chi connectivity index (χ0) is 14.7. The maximum absolute atomic E-state index is 11.7. The number of nitrogens with one attached hydrogen (secondary N) is 1. The van der Waals surface area contributed by atoms with Crippen molar-refractivity contribution in [1.29, 1.82) is 5.26 Å². The highest BCUT2D eigenvalue weighted by atomic mass is 32.2. The topological polar surface area (TPSA) is 65.8 Å². The highest BCUT2D eigenvalue weighted by molar-refractivity contribution is 8.00. The smallest absolute Gasteiger partial charge is 0.230 e. The predicted molar refractivity (Wildman–Crippen MR) is 84.2 cm³/mol. The van der Waals surface area contributed by atoms with Crippen molar-refractivity contribution in [3.05, 3.63) is 35.2 Å². The minimum atomic E-state index is 0.00900. The summed E-state index contributed by atoms with van der Waals surface area (Å²) in [5.74, 6) is 0.307. The number of nitriles is 1. The van der Waals surface area contributed by atoms with Gasteiger partial charge < -0.3 is 5.32 Å². The number of amides is 1. The number of carbonyl (C=O) groups is 1. The summed E-state index contributed by atoms with van der Waals surface area (Å²) >= 11 is 2.93. The predicted octanol–water partition coefficient (Wildman–Crippen LogP) is 3.05. The molecular formula is C15H13N3OS2. The van der Waals surface area contributed by atoms with E-state index in [0.717, 1.165) is 23.4 Å². The van der Waals surface area contributed by atoms with Crippen molar-refractivity contribution in [2.75, 3.05) is 5.75 Å². The van der Waals surface area contributed by atoms with E-state index >= 15 is 0 Å². The first kappa shape index (κ1) is 14.1. The standard InChI is InChI=1S/C15H13N3OS2/c16-8-10-3-6-12(13-2-1-7-20-13)18-15(10)21-9-14(19)17-11-4-5-11/h1-3,6-7,11H,4-5,9H2,(H,17,19). The zero-order valence-electron chi connectivity index (χ0n) is 11.2. The van der Waals surface area contributed by atoms with Crippen LogP contribution in [0.2, 0.25) is 0 Å². The Morgan fingerprint density at radius 1 is 1.48 bits per heavy atom. The summed E-state index contributed by atoms with van der Waals surface area (Å²) in [6.45, 7) is 0.